The summed E-state index contributed by atoms with van der Waals surface area (Å²) in [6, 6.07) is 33.7. The molecule has 0 aromatic heterocycles. The van der Waals surface area contributed by atoms with Gasteiger partial charge in [-0.05, 0) is 23.1 Å². The third-order valence-corrected chi connectivity index (χ3v) is 5.69. The molecule has 1 saturated carbocycles. The first kappa shape index (κ1) is 19.4. The van der Waals surface area contributed by atoms with Crippen LogP contribution in [0.1, 0.15) is 23.1 Å². The number of hydrogen-bond acceptors (Lipinski definition) is 3. The Kier molecular flexibility index (Phi) is 6.05. The van der Waals surface area contributed by atoms with Crippen molar-refractivity contribution in [2.24, 2.45) is 5.92 Å². The fourth-order valence-electron chi connectivity index (χ4n) is 3.95. The lowest BCUT2D eigenvalue weighted by Crippen LogP contribution is -2.37. The minimum absolute atomic E-state index is 0.239. The zero-order valence-electron chi connectivity index (χ0n) is 16.6. The molecule has 146 valence electrons. The normalized spacial score (nSPS) is 20.3. The number of nitrogens with zero attached hydrogens (tertiary/aromatic N) is 2. The van der Waals surface area contributed by atoms with Crippen LogP contribution < -0.4 is 0 Å². The van der Waals surface area contributed by atoms with Crippen LogP contribution in [-0.4, -0.2) is 17.0 Å². The number of ether oxygens (including phenoxy) is 1. The van der Waals surface area contributed by atoms with Crippen LogP contribution in [0.4, 0.5) is 0 Å². The molecule has 0 N–H and O–H groups in total. The third-order valence-electron chi connectivity index (χ3n) is 5.69. The Bertz CT molecular complexity index is 895. The van der Waals surface area contributed by atoms with Crippen LogP contribution in [0.3, 0.4) is 0 Å². The van der Waals surface area contributed by atoms with E-state index in [4.69, 9.17) is 4.74 Å². The minimum atomic E-state index is -0.456. The molecular formula is C26H26N2O. The van der Waals surface area contributed by atoms with E-state index in [1.165, 1.54) is 16.7 Å². The molecule has 1 aliphatic carbocycles. The summed E-state index contributed by atoms with van der Waals surface area (Å²) >= 11 is 0. The third kappa shape index (κ3) is 4.74. The van der Waals surface area contributed by atoms with E-state index in [1.807, 2.05) is 30.3 Å². The summed E-state index contributed by atoms with van der Waals surface area (Å²) in [6.45, 7) is 2.73. The largest absolute Gasteiger partial charge is 0.376 e. The van der Waals surface area contributed by atoms with E-state index >= 15 is 0 Å². The van der Waals surface area contributed by atoms with Crippen molar-refractivity contribution in [2.45, 2.75) is 31.7 Å². The summed E-state index contributed by atoms with van der Waals surface area (Å²) in [5.41, 5.74) is 3.17. The van der Waals surface area contributed by atoms with Crippen LogP contribution in [0.25, 0.3) is 0 Å². The number of benzene rings is 3. The minimum Gasteiger partial charge on any atom is -0.376 e. The Balaban J connectivity index is 1.45. The zero-order valence-corrected chi connectivity index (χ0v) is 16.6. The van der Waals surface area contributed by atoms with Gasteiger partial charge in [-0.2, -0.15) is 5.26 Å². The lowest BCUT2D eigenvalue weighted by molar-refractivity contribution is 0.0901. The first-order chi connectivity index (χ1) is 14.3. The highest BCUT2D eigenvalue weighted by Crippen LogP contribution is 2.49. The second-order valence-corrected chi connectivity index (χ2v) is 7.77. The highest BCUT2D eigenvalue weighted by atomic mass is 16.5. The van der Waals surface area contributed by atoms with Crippen LogP contribution >= 0.6 is 0 Å². The van der Waals surface area contributed by atoms with Crippen LogP contribution in [-0.2, 0) is 24.4 Å². The number of hydrogen-bond donors (Lipinski definition) is 0. The predicted octanol–water partition coefficient (Wildman–Crippen LogP) is 5.19. The molecule has 0 heterocycles. The van der Waals surface area contributed by atoms with E-state index in [1.54, 1.807) is 0 Å². The molecule has 3 heteroatoms. The maximum Gasteiger partial charge on any atom is 0.115 e. The average Bonchev–Trinajstić information content (AvgIpc) is 3.50. The summed E-state index contributed by atoms with van der Waals surface area (Å²) < 4.78 is 5.97. The van der Waals surface area contributed by atoms with Gasteiger partial charge < -0.3 is 4.74 Å². The average molecular weight is 383 g/mol. The number of nitriles is 1. The van der Waals surface area contributed by atoms with Gasteiger partial charge >= 0.3 is 0 Å². The second kappa shape index (κ2) is 9.05. The molecule has 3 aromatic rings. The monoisotopic (exact) mass is 382 g/mol. The van der Waals surface area contributed by atoms with E-state index in [0.717, 1.165) is 19.5 Å². The van der Waals surface area contributed by atoms with Crippen molar-refractivity contribution in [3.63, 3.8) is 0 Å². The standard InChI is InChI=1S/C26H26N2O/c27-21-26(16-25(26)20-29-19-24-14-8-3-9-15-24)28(17-22-10-4-1-5-11-22)18-23-12-6-2-7-13-23/h1-15,25H,16-20H2. The van der Waals surface area contributed by atoms with Crippen molar-refractivity contribution in [2.75, 3.05) is 6.61 Å². The first-order valence-electron chi connectivity index (χ1n) is 10.2. The van der Waals surface area contributed by atoms with E-state index in [9.17, 15) is 5.26 Å². The van der Waals surface area contributed by atoms with Gasteiger partial charge in [-0.15, -0.1) is 0 Å². The molecule has 1 aliphatic rings. The van der Waals surface area contributed by atoms with Gasteiger partial charge in [0.2, 0.25) is 0 Å². The summed E-state index contributed by atoms with van der Waals surface area (Å²) in [6.07, 6.45) is 0.859. The molecule has 1 fully saturated rings. The van der Waals surface area contributed by atoms with Gasteiger partial charge in [0.1, 0.15) is 5.54 Å². The Morgan fingerprint density at radius 1 is 0.793 bits per heavy atom. The van der Waals surface area contributed by atoms with Gasteiger partial charge in [0.05, 0.1) is 19.3 Å². The molecule has 2 atom stereocenters. The summed E-state index contributed by atoms with van der Waals surface area (Å²) in [7, 11) is 0. The Morgan fingerprint density at radius 3 is 1.76 bits per heavy atom. The lowest BCUT2D eigenvalue weighted by atomic mass is 10.1. The molecule has 0 bridgehead atoms. The topological polar surface area (TPSA) is 36.3 Å². The molecule has 0 amide bonds. The molecule has 3 nitrogen and oxygen atoms in total. The van der Waals surface area contributed by atoms with Crippen LogP contribution in [0, 0.1) is 17.2 Å². The molecular weight excluding hydrogens is 356 g/mol. The van der Waals surface area contributed by atoms with E-state index in [-0.39, 0.29) is 5.92 Å². The quantitative estimate of drug-likeness (QED) is 0.511. The van der Waals surface area contributed by atoms with Crippen LogP contribution in [0.5, 0.6) is 0 Å². The van der Waals surface area contributed by atoms with Crippen molar-refractivity contribution < 1.29 is 4.74 Å². The van der Waals surface area contributed by atoms with Crippen molar-refractivity contribution in [3.05, 3.63) is 108 Å². The SMILES string of the molecule is N#CC1(N(Cc2ccccc2)Cc2ccccc2)CC1COCc1ccccc1. The van der Waals surface area contributed by atoms with Gasteiger partial charge in [-0.1, -0.05) is 91.0 Å². The van der Waals surface area contributed by atoms with Crippen molar-refractivity contribution >= 4 is 0 Å². The maximum atomic E-state index is 10.1. The van der Waals surface area contributed by atoms with E-state index in [2.05, 4.69) is 71.6 Å². The smallest absolute Gasteiger partial charge is 0.115 e. The Hall–Kier alpha value is -2.93. The fraction of sp³-hybridized carbons (Fsp3) is 0.269. The molecule has 4 rings (SSSR count). The molecule has 0 spiro atoms. The first-order valence-corrected chi connectivity index (χ1v) is 10.2. The van der Waals surface area contributed by atoms with Crippen molar-refractivity contribution in [3.8, 4) is 6.07 Å². The van der Waals surface area contributed by atoms with Gasteiger partial charge in [0, 0.05) is 19.0 Å². The highest BCUT2D eigenvalue weighted by molar-refractivity contribution is 5.28. The zero-order chi connectivity index (χ0) is 19.9. The van der Waals surface area contributed by atoms with Gasteiger partial charge in [-0.3, -0.25) is 4.90 Å². The molecule has 0 aliphatic heterocycles. The van der Waals surface area contributed by atoms with Gasteiger partial charge in [0.25, 0.3) is 0 Å². The molecule has 3 aromatic carbocycles. The molecule has 29 heavy (non-hydrogen) atoms. The predicted molar refractivity (Wildman–Crippen MR) is 115 cm³/mol. The highest BCUT2D eigenvalue weighted by Gasteiger charge is 2.59. The molecule has 0 saturated heterocycles. The summed E-state index contributed by atoms with van der Waals surface area (Å²) in [5.74, 6) is 0.239. The van der Waals surface area contributed by atoms with Gasteiger partial charge in [0.15, 0.2) is 0 Å². The molecule has 2 unspecified atom stereocenters. The van der Waals surface area contributed by atoms with Crippen LogP contribution in [0.15, 0.2) is 91.0 Å². The molecule has 0 radical (unpaired) electrons. The van der Waals surface area contributed by atoms with E-state index in [0.29, 0.717) is 13.2 Å². The summed E-state index contributed by atoms with van der Waals surface area (Å²) in [5, 5.41) is 10.1. The maximum absolute atomic E-state index is 10.1. The second-order valence-electron chi connectivity index (χ2n) is 7.77. The summed E-state index contributed by atoms with van der Waals surface area (Å²) in [4.78, 5) is 2.33. The lowest BCUT2D eigenvalue weighted by Gasteiger charge is -2.28. The fourth-order valence-corrected chi connectivity index (χ4v) is 3.95. The Morgan fingerprint density at radius 2 is 1.28 bits per heavy atom. The van der Waals surface area contributed by atoms with Crippen molar-refractivity contribution in [1.82, 2.24) is 4.90 Å². The number of rotatable bonds is 9. The van der Waals surface area contributed by atoms with Gasteiger partial charge in [-0.25, -0.2) is 0 Å². The van der Waals surface area contributed by atoms with Crippen molar-refractivity contribution in [1.29, 1.82) is 5.26 Å². The Labute approximate surface area is 173 Å². The van der Waals surface area contributed by atoms with Crippen LogP contribution in [0.2, 0.25) is 0 Å². The van der Waals surface area contributed by atoms with E-state index < -0.39 is 5.54 Å².